The normalized spacial score (nSPS) is 15.4. The van der Waals surface area contributed by atoms with Gasteiger partial charge in [-0.3, -0.25) is 4.79 Å². The van der Waals surface area contributed by atoms with Crippen molar-refractivity contribution in [3.8, 4) is 6.07 Å². The van der Waals surface area contributed by atoms with Crippen LogP contribution in [0.25, 0.3) is 0 Å². The molecule has 2 aromatic rings. The van der Waals surface area contributed by atoms with Gasteiger partial charge < -0.3 is 9.88 Å². The van der Waals surface area contributed by atoms with Crippen LogP contribution in [0.1, 0.15) is 56.7 Å². The molecule has 3 rings (SSSR count). The van der Waals surface area contributed by atoms with Gasteiger partial charge in [0.05, 0.1) is 12.3 Å². The van der Waals surface area contributed by atoms with Crippen molar-refractivity contribution in [2.45, 2.75) is 58.0 Å². The van der Waals surface area contributed by atoms with Gasteiger partial charge in [0.1, 0.15) is 11.6 Å². The Bertz CT molecular complexity index is 768. The van der Waals surface area contributed by atoms with E-state index in [-0.39, 0.29) is 6.04 Å². The lowest BCUT2D eigenvalue weighted by atomic mass is 10.1. The quantitative estimate of drug-likeness (QED) is 0.925. The number of fused-ring (bicyclic) bond motifs is 1. The van der Waals surface area contributed by atoms with Crippen molar-refractivity contribution >= 4 is 11.7 Å². The summed E-state index contributed by atoms with van der Waals surface area (Å²) in [6.45, 7) is 4.71. The molecule has 0 saturated heterocycles. The molecule has 8 heteroatoms. The Morgan fingerprint density at radius 3 is 2.92 bits per heavy atom. The van der Waals surface area contributed by atoms with Crippen LogP contribution in [0.3, 0.4) is 0 Å². The smallest absolute Gasteiger partial charge is 0.250 e. The van der Waals surface area contributed by atoms with Gasteiger partial charge in [0.25, 0.3) is 5.91 Å². The van der Waals surface area contributed by atoms with Crippen LogP contribution in [0.2, 0.25) is 0 Å². The first-order valence-corrected chi connectivity index (χ1v) is 8.27. The maximum atomic E-state index is 12.6. The first-order valence-electron chi connectivity index (χ1n) is 8.27. The van der Waals surface area contributed by atoms with E-state index in [2.05, 4.69) is 26.7 Å². The zero-order valence-corrected chi connectivity index (χ0v) is 13.9. The highest BCUT2D eigenvalue weighted by Crippen LogP contribution is 2.22. The average Bonchev–Trinajstić information content (AvgIpc) is 3.10. The molecule has 0 spiro atoms. The predicted octanol–water partition coefficient (Wildman–Crippen LogP) is 2.03. The fourth-order valence-electron chi connectivity index (χ4n) is 2.98. The minimum absolute atomic E-state index is 0.111. The Labute approximate surface area is 140 Å². The third-order valence-corrected chi connectivity index (χ3v) is 4.20. The van der Waals surface area contributed by atoms with Crippen LogP contribution in [0.4, 0.5) is 5.82 Å². The molecule has 1 amide bonds. The second-order valence-electron chi connectivity index (χ2n) is 6.24. The number of anilines is 1. The monoisotopic (exact) mass is 327 g/mol. The van der Waals surface area contributed by atoms with Gasteiger partial charge in [-0.2, -0.15) is 10.4 Å². The van der Waals surface area contributed by atoms with Crippen LogP contribution >= 0.6 is 0 Å². The molecule has 3 heterocycles. The van der Waals surface area contributed by atoms with Crippen molar-refractivity contribution in [2.75, 3.05) is 5.32 Å². The highest BCUT2D eigenvalue weighted by atomic mass is 16.2. The lowest BCUT2D eigenvalue weighted by Gasteiger charge is -2.14. The van der Waals surface area contributed by atoms with E-state index >= 15 is 0 Å². The molecule has 1 unspecified atom stereocenters. The molecule has 0 aliphatic carbocycles. The van der Waals surface area contributed by atoms with Crippen LogP contribution < -0.4 is 5.32 Å². The molecule has 1 atom stereocenters. The van der Waals surface area contributed by atoms with Crippen molar-refractivity contribution in [3.05, 3.63) is 23.9 Å². The number of nitrogens with zero attached hydrogens (tertiary/aromatic N) is 6. The zero-order valence-electron chi connectivity index (χ0n) is 13.9. The maximum Gasteiger partial charge on any atom is 0.250 e. The van der Waals surface area contributed by atoms with Crippen molar-refractivity contribution in [3.63, 3.8) is 0 Å². The summed E-state index contributed by atoms with van der Waals surface area (Å²) < 4.78 is 3.64. The summed E-state index contributed by atoms with van der Waals surface area (Å²) in [5.41, 5.74) is 0. The van der Waals surface area contributed by atoms with Gasteiger partial charge in [-0.25, -0.2) is 4.68 Å². The lowest BCUT2D eigenvalue weighted by Crippen LogP contribution is -2.25. The largest absolute Gasteiger partial charge is 0.313 e. The summed E-state index contributed by atoms with van der Waals surface area (Å²) in [5, 5.41) is 24.8. The summed E-state index contributed by atoms with van der Waals surface area (Å²) in [6, 6.07) is 3.90. The molecule has 8 nitrogen and oxygen atoms in total. The molecule has 0 radical (unpaired) electrons. The molecular weight excluding hydrogens is 306 g/mol. The van der Waals surface area contributed by atoms with Gasteiger partial charge in [-0.15, -0.1) is 10.2 Å². The van der Waals surface area contributed by atoms with Gasteiger partial charge in [0.15, 0.2) is 11.7 Å². The number of hydrogen-bond acceptors (Lipinski definition) is 5. The minimum Gasteiger partial charge on any atom is -0.313 e. The molecule has 1 aliphatic rings. The van der Waals surface area contributed by atoms with E-state index in [0.29, 0.717) is 11.6 Å². The van der Waals surface area contributed by atoms with Crippen LogP contribution in [0.15, 0.2) is 12.3 Å². The number of rotatable bonds is 4. The SMILES string of the molecule is CC(C)n1nccc1NC(=O)C(C#N)c1nnc2n1CCCCC2. The summed E-state index contributed by atoms with van der Waals surface area (Å²) in [6.07, 6.45) is 5.67. The highest BCUT2D eigenvalue weighted by Gasteiger charge is 2.29. The van der Waals surface area contributed by atoms with Gasteiger partial charge >= 0.3 is 0 Å². The summed E-state index contributed by atoms with van der Waals surface area (Å²) in [7, 11) is 0. The van der Waals surface area contributed by atoms with Crippen molar-refractivity contribution in [2.24, 2.45) is 0 Å². The Hall–Kier alpha value is -2.69. The molecule has 0 saturated carbocycles. The third-order valence-electron chi connectivity index (χ3n) is 4.20. The number of nitrogens with one attached hydrogen (secondary N) is 1. The number of hydrogen-bond donors (Lipinski definition) is 1. The fraction of sp³-hybridized carbons (Fsp3) is 0.562. The Morgan fingerprint density at radius 2 is 2.17 bits per heavy atom. The second kappa shape index (κ2) is 6.83. The standard InChI is InChI=1S/C16H21N7O/c1-11(2)23-13(7-8-18-23)19-16(24)12(10-17)15-21-20-14-6-4-3-5-9-22(14)15/h7-8,11-12H,3-6,9H2,1-2H3,(H,19,24). The predicted molar refractivity (Wildman–Crippen MR) is 87.2 cm³/mol. The molecule has 2 aromatic heterocycles. The van der Waals surface area contributed by atoms with Crippen LogP contribution in [0, 0.1) is 11.3 Å². The maximum absolute atomic E-state index is 12.6. The fourth-order valence-corrected chi connectivity index (χ4v) is 2.98. The van der Waals surface area contributed by atoms with E-state index in [1.165, 1.54) is 0 Å². The van der Waals surface area contributed by atoms with E-state index < -0.39 is 11.8 Å². The average molecular weight is 327 g/mol. The molecule has 0 fully saturated rings. The zero-order chi connectivity index (χ0) is 17.1. The van der Waals surface area contributed by atoms with E-state index in [1.54, 1.807) is 16.9 Å². The third kappa shape index (κ3) is 3.02. The molecule has 0 bridgehead atoms. The number of carbonyl (C=O) groups is 1. The number of aromatic nitrogens is 5. The van der Waals surface area contributed by atoms with Gasteiger partial charge in [-0.1, -0.05) is 6.42 Å². The molecule has 24 heavy (non-hydrogen) atoms. The Kier molecular flexibility index (Phi) is 4.60. The summed E-state index contributed by atoms with van der Waals surface area (Å²) in [5.74, 6) is 0.482. The van der Waals surface area contributed by atoms with Gasteiger partial charge in [-0.05, 0) is 26.7 Å². The van der Waals surface area contributed by atoms with Crippen molar-refractivity contribution in [1.29, 1.82) is 5.26 Å². The molecular formula is C16H21N7O. The second-order valence-corrected chi connectivity index (χ2v) is 6.24. The van der Waals surface area contributed by atoms with Crippen LogP contribution in [-0.2, 0) is 17.8 Å². The topological polar surface area (TPSA) is 101 Å². The van der Waals surface area contributed by atoms with E-state index in [0.717, 1.165) is 38.1 Å². The first-order chi connectivity index (χ1) is 11.6. The first kappa shape index (κ1) is 16.2. The lowest BCUT2D eigenvalue weighted by molar-refractivity contribution is -0.116. The van der Waals surface area contributed by atoms with E-state index in [4.69, 9.17) is 0 Å². The van der Waals surface area contributed by atoms with Crippen molar-refractivity contribution in [1.82, 2.24) is 24.5 Å². The molecule has 0 aromatic carbocycles. The Morgan fingerprint density at radius 1 is 1.33 bits per heavy atom. The molecule has 1 N–H and O–H groups in total. The van der Waals surface area contributed by atoms with Gasteiger partial charge in [0.2, 0.25) is 0 Å². The highest BCUT2D eigenvalue weighted by molar-refractivity contribution is 5.96. The van der Waals surface area contributed by atoms with Gasteiger partial charge in [0, 0.05) is 25.1 Å². The summed E-state index contributed by atoms with van der Waals surface area (Å²) >= 11 is 0. The molecule has 1 aliphatic heterocycles. The minimum atomic E-state index is -0.986. The van der Waals surface area contributed by atoms with E-state index in [1.807, 2.05) is 18.4 Å². The van der Waals surface area contributed by atoms with E-state index in [9.17, 15) is 10.1 Å². The Balaban J connectivity index is 1.84. The van der Waals surface area contributed by atoms with Crippen LogP contribution in [-0.4, -0.2) is 30.5 Å². The number of amides is 1. The van der Waals surface area contributed by atoms with Crippen LogP contribution in [0.5, 0.6) is 0 Å². The summed E-state index contributed by atoms with van der Waals surface area (Å²) in [4.78, 5) is 12.6. The number of aryl methyl sites for hydroxylation is 1. The number of nitriles is 1. The molecule has 126 valence electrons. The number of carbonyl (C=O) groups excluding carboxylic acids is 1. The van der Waals surface area contributed by atoms with Crippen molar-refractivity contribution < 1.29 is 4.79 Å².